The topological polar surface area (TPSA) is 98.1 Å². The number of hydrogen-bond acceptors (Lipinski definition) is 6. The number of carbonyl (C=O) groups is 3. The average molecular weight is 421 g/mol. The lowest BCUT2D eigenvalue weighted by Gasteiger charge is -2.18. The molecule has 3 rings (SSSR count). The van der Waals surface area contributed by atoms with Crippen molar-refractivity contribution in [2.24, 2.45) is 5.92 Å². The number of halogens is 1. The molecule has 9 heteroatoms. The summed E-state index contributed by atoms with van der Waals surface area (Å²) in [5, 5.41) is 3.05. The molecular formula is C20H21ClN2O6. The van der Waals surface area contributed by atoms with Crippen molar-refractivity contribution in [1.29, 1.82) is 0 Å². The van der Waals surface area contributed by atoms with Crippen LogP contribution in [0.5, 0.6) is 5.75 Å². The van der Waals surface area contributed by atoms with Gasteiger partial charge in [-0.15, -0.1) is 0 Å². The first-order valence-corrected chi connectivity index (χ1v) is 9.40. The summed E-state index contributed by atoms with van der Waals surface area (Å²) in [6, 6.07) is 8.28. The molecule has 1 aromatic heterocycles. The van der Waals surface area contributed by atoms with Gasteiger partial charge in [-0.2, -0.15) is 0 Å². The largest absolute Gasteiger partial charge is 0.495 e. The summed E-state index contributed by atoms with van der Waals surface area (Å²) in [5.74, 6) is -0.860. The van der Waals surface area contributed by atoms with Crippen LogP contribution in [0.4, 0.5) is 5.69 Å². The summed E-state index contributed by atoms with van der Waals surface area (Å²) in [6.45, 7) is 1.97. The number of amides is 2. The summed E-state index contributed by atoms with van der Waals surface area (Å²) in [6.07, 6.45) is 0.507. The molecule has 2 heterocycles. The van der Waals surface area contributed by atoms with Gasteiger partial charge in [0.05, 0.1) is 31.5 Å². The van der Waals surface area contributed by atoms with Crippen molar-refractivity contribution in [1.82, 2.24) is 4.90 Å². The highest BCUT2D eigenvalue weighted by Crippen LogP contribution is 2.28. The molecule has 0 saturated carbocycles. The Kier molecular flexibility index (Phi) is 6.43. The highest BCUT2D eigenvalue weighted by Gasteiger charge is 2.37. The van der Waals surface area contributed by atoms with Gasteiger partial charge in [0.15, 0.2) is 6.10 Å². The number of furan rings is 1. The first-order chi connectivity index (χ1) is 13.9. The molecule has 0 bridgehead atoms. The fraction of sp³-hybridized carbons (Fsp3) is 0.350. The maximum absolute atomic E-state index is 12.4. The van der Waals surface area contributed by atoms with Gasteiger partial charge in [-0.25, -0.2) is 0 Å². The predicted molar refractivity (Wildman–Crippen MR) is 104 cm³/mol. The van der Waals surface area contributed by atoms with Crippen molar-refractivity contribution in [2.75, 3.05) is 19.0 Å². The van der Waals surface area contributed by atoms with E-state index in [-0.39, 0.29) is 18.9 Å². The van der Waals surface area contributed by atoms with Gasteiger partial charge < -0.3 is 24.1 Å². The van der Waals surface area contributed by atoms with E-state index in [1.54, 1.807) is 24.3 Å². The number of nitrogens with zero attached hydrogens (tertiary/aromatic N) is 1. The molecule has 1 fully saturated rings. The van der Waals surface area contributed by atoms with Crippen molar-refractivity contribution >= 4 is 35.1 Å². The van der Waals surface area contributed by atoms with Crippen LogP contribution < -0.4 is 10.1 Å². The second-order valence-electron chi connectivity index (χ2n) is 6.67. The van der Waals surface area contributed by atoms with E-state index in [1.165, 1.54) is 31.3 Å². The minimum atomic E-state index is -1.06. The average Bonchev–Trinajstić information content (AvgIpc) is 3.32. The number of likely N-dealkylation sites (tertiary alicyclic amines) is 1. The second-order valence-corrected chi connectivity index (χ2v) is 7.10. The van der Waals surface area contributed by atoms with Crippen molar-refractivity contribution in [3.63, 3.8) is 0 Å². The number of ether oxygens (including phenoxy) is 2. The molecule has 0 spiro atoms. The molecule has 1 aliphatic heterocycles. The van der Waals surface area contributed by atoms with Crippen LogP contribution in [-0.4, -0.2) is 42.4 Å². The second kappa shape index (κ2) is 9.00. The van der Waals surface area contributed by atoms with Gasteiger partial charge in [0, 0.05) is 18.0 Å². The molecule has 0 unspecified atom stereocenters. The van der Waals surface area contributed by atoms with Gasteiger partial charge in [0.1, 0.15) is 11.5 Å². The summed E-state index contributed by atoms with van der Waals surface area (Å²) in [7, 11) is 1.47. The lowest BCUT2D eigenvalue weighted by atomic mass is 10.1. The van der Waals surface area contributed by atoms with Crippen LogP contribution in [0.25, 0.3) is 0 Å². The van der Waals surface area contributed by atoms with Crippen molar-refractivity contribution in [2.45, 2.75) is 26.0 Å². The van der Waals surface area contributed by atoms with Gasteiger partial charge in [-0.05, 0) is 37.3 Å². The van der Waals surface area contributed by atoms with E-state index in [4.69, 9.17) is 25.5 Å². The summed E-state index contributed by atoms with van der Waals surface area (Å²) >= 11 is 5.95. The van der Waals surface area contributed by atoms with E-state index >= 15 is 0 Å². The first-order valence-electron chi connectivity index (χ1n) is 9.02. The highest BCUT2D eigenvalue weighted by atomic mass is 35.5. The van der Waals surface area contributed by atoms with E-state index in [1.807, 2.05) is 0 Å². The predicted octanol–water partition coefficient (Wildman–Crippen LogP) is 2.86. The lowest BCUT2D eigenvalue weighted by Crippen LogP contribution is -2.33. The Morgan fingerprint density at radius 2 is 2.17 bits per heavy atom. The molecule has 29 heavy (non-hydrogen) atoms. The van der Waals surface area contributed by atoms with Gasteiger partial charge in [0.25, 0.3) is 5.91 Å². The number of rotatable bonds is 7. The lowest BCUT2D eigenvalue weighted by molar-refractivity contribution is -0.157. The molecule has 2 aromatic rings. The van der Waals surface area contributed by atoms with Crippen LogP contribution in [0, 0.1) is 5.92 Å². The number of carbonyl (C=O) groups excluding carboxylic acids is 3. The van der Waals surface area contributed by atoms with Crippen LogP contribution in [0.15, 0.2) is 41.0 Å². The molecule has 2 atom stereocenters. The molecule has 1 N–H and O–H groups in total. The molecule has 1 saturated heterocycles. The third-order valence-electron chi connectivity index (χ3n) is 4.56. The zero-order valence-corrected chi connectivity index (χ0v) is 16.8. The van der Waals surface area contributed by atoms with Crippen LogP contribution >= 0.6 is 11.6 Å². The number of esters is 1. The van der Waals surface area contributed by atoms with Crippen molar-refractivity contribution < 1.29 is 28.3 Å². The van der Waals surface area contributed by atoms with Crippen LogP contribution in [-0.2, 0) is 25.7 Å². The fourth-order valence-electron chi connectivity index (χ4n) is 3.01. The molecule has 154 valence electrons. The number of nitrogens with one attached hydrogen (secondary N) is 1. The zero-order chi connectivity index (χ0) is 21.0. The van der Waals surface area contributed by atoms with E-state index < -0.39 is 23.9 Å². The molecule has 1 aromatic carbocycles. The monoisotopic (exact) mass is 420 g/mol. The maximum Gasteiger partial charge on any atom is 0.312 e. The Balaban J connectivity index is 1.55. The molecule has 0 aliphatic carbocycles. The number of benzene rings is 1. The third kappa shape index (κ3) is 5.08. The van der Waals surface area contributed by atoms with Crippen LogP contribution in [0.2, 0.25) is 5.02 Å². The zero-order valence-electron chi connectivity index (χ0n) is 16.0. The van der Waals surface area contributed by atoms with Crippen LogP contribution in [0.3, 0.4) is 0 Å². The normalized spacial score (nSPS) is 17.1. The Hall–Kier alpha value is -3.00. The van der Waals surface area contributed by atoms with Gasteiger partial charge >= 0.3 is 5.97 Å². The van der Waals surface area contributed by atoms with E-state index in [2.05, 4.69) is 5.32 Å². The summed E-state index contributed by atoms with van der Waals surface area (Å²) < 4.78 is 15.7. The molecule has 2 amide bonds. The quantitative estimate of drug-likeness (QED) is 0.691. The Labute approximate surface area is 172 Å². The third-order valence-corrected chi connectivity index (χ3v) is 4.79. The number of hydrogen-bond donors (Lipinski definition) is 1. The fourth-order valence-corrected chi connectivity index (χ4v) is 3.18. The maximum atomic E-state index is 12.4. The minimum Gasteiger partial charge on any atom is -0.495 e. The first kappa shape index (κ1) is 20.7. The van der Waals surface area contributed by atoms with Gasteiger partial charge in [-0.3, -0.25) is 14.4 Å². The van der Waals surface area contributed by atoms with E-state index in [0.29, 0.717) is 28.8 Å². The minimum absolute atomic E-state index is 0.0377. The molecule has 1 aliphatic rings. The van der Waals surface area contributed by atoms with Crippen molar-refractivity contribution in [3.05, 3.63) is 47.4 Å². The van der Waals surface area contributed by atoms with Crippen LogP contribution in [0.1, 0.15) is 19.1 Å². The SMILES string of the molecule is COc1ccc(Cl)cc1NC(=O)[C@@H](C)OC(=O)[C@@H]1CC(=O)N(Cc2ccco2)C1. The Morgan fingerprint density at radius 1 is 1.38 bits per heavy atom. The highest BCUT2D eigenvalue weighted by molar-refractivity contribution is 6.31. The smallest absolute Gasteiger partial charge is 0.312 e. The van der Waals surface area contributed by atoms with E-state index in [0.717, 1.165) is 0 Å². The van der Waals surface area contributed by atoms with Gasteiger partial charge in [-0.1, -0.05) is 11.6 Å². The van der Waals surface area contributed by atoms with E-state index in [9.17, 15) is 14.4 Å². The summed E-state index contributed by atoms with van der Waals surface area (Å²) in [4.78, 5) is 38.5. The molecule has 8 nitrogen and oxygen atoms in total. The number of methoxy groups -OCH3 is 1. The molecular weight excluding hydrogens is 400 g/mol. The number of anilines is 1. The van der Waals surface area contributed by atoms with Crippen molar-refractivity contribution in [3.8, 4) is 5.75 Å². The summed E-state index contributed by atoms with van der Waals surface area (Å²) in [5.41, 5.74) is 0.369. The van der Waals surface area contributed by atoms with Gasteiger partial charge in [0.2, 0.25) is 5.91 Å². The Morgan fingerprint density at radius 3 is 2.86 bits per heavy atom. The Bertz CT molecular complexity index is 898. The standard InChI is InChI=1S/C20H21ClN2O6/c1-12(19(25)22-16-9-14(21)5-6-17(16)27-2)29-20(26)13-8-18(24)23(10-13)11-15-4-3-7-28-15/h3-7,9,12-13H,8,10-11H2,1-2H3,(H,22,25)/t12-,13-/m1/s1. The molecule has 0 radical (unpaired) electrons.